The lowest BCUT2D eigenvalue weighted by Crippen LogP contribution is -2.37. The Morgan fingerprint density at radius 2 is 1.74 bits per heavy atom. The van der Waals surface area contributed by atoms with Crippen LogP contribution in [-0.4, -0.2) is 47.8 Å². The summed E-state index contributed by atoms with van der Waals surface area (Å²) in [5.41, 5.74) is 0.979. The summed E-state index contributed by atoms with van der Waals surface area (Å²) in [5, 5.41) is 2.63. The number of esters is 1. The second kappa shape index (κ2) is 9.42. The summed E-state index contributed by atoms with van der Waals surface area (Å²) in [6.45, 7) is 5.43. The number of carbonyl (C=O) groups excluding carboxylic acids is 4. The minimum atomic E-state index is -0.765. The number of para-hydroxylation sites is 2. The Kier molecular flexibility index (Phi) is 6.69. The zero-order valence-electron chi connectivity index (χ0n) is 17.6. The maximum Gasteiger partial charge on any atom is 0.338 e. The summed E-state index contributed by atoms with van der Waals surface area (Å²) < 4.78 is 10.5. The van der Waals surface area contributed by atoms with Gasteiger partial charge in [-0.05, 0) is 50.6 Å². The first-order valence-corrected chi connectivity index (χ1v) is 10.1. The summed E-state index contributed by atoms with van der Waals surface area (Å²) in [6, 6.07) is 10.9. The molecule has 0 saturated carbocycles. The Balaban J connectivity index is 1.65. The number of fused-ring (bicyclic) bond motifs is 1. The third-order valence-electron chi connectivity index (χ3n) is 4.98. The van der Waals surface area contributed by atoms with Gasteiger partial charge in [0.1, 0.15) is 5.75 Å². The van der Waals surface area contributed by atoms with E-state index in [-0.39, 0.29) is 28.6 Å². The summed E-state index contributed by atoms with van der Waals surface area (Å²) >= 11 is 0. The lowest BCUT2D eigenvalue weighted by molar-refractivity contribution is -0.119. The number of imide groups is 1. The number of amides is 3. The third-order valence-corrected chi connectivity index (χ3v) is 4.98. The predicted molar refractivity (Wildman–Crippen MR) is 113 cm³/mol. The van der Waals surface area contributed by atoms with Crippen LogP contribution in [0.15, 0.2) is 42.5 Å². The predicted octanol–water partition coefficient (Wildman–Crippen LogP) is 3.28. The van der Waals surface area contributed by atoms with E-state index in [1.807, 2.05) is 13.8 Å². The van der Waals surface area contributed by atoms with Crippen LogP contribution in [0.3, 0.4) is 0 Å². The van der Waals surface area contributed by atoms with Gasteiger partial charge in [-0.15, -0.1) is 0 Å². The number of ether oxygens (including phenoxy) is 2. The van der Waals surface area contributed by atoms with Crippen molar-refractivity contribution in [2.75, 3.05) is 18.5 Å². The van der Waals surface area contributed by atoms with Crippen LogP contribution in [0.25, 0.3) is 0 Å². The number of anilines is 1. The number of rotatable bonds is 8. The molecule has 0 aliphatic carbocycles. The van der Waals surface area contributed by atoms with Crippen LogP contribution in [0.5, 0.6) is 5.75 Å². The molecule has 0 fully saturated rings. The van der Waals surface area contributed by atoms with Gasteiger partial charge < -0.3 is 14.8 Å². The van der Waals surface area contributed by atoms with Crippen molar-refractivity contribution >= 4 is 29.4 Å². The highest BCUT2D eigenvalue weighted by Crippen LogP contribution is 2.27. The van der Waals surface area contributed by atoms with Gasteiger partial charge in [0.25, 0.3) is 17.7 Å². The van der Waals surface area contributed by atoms with E-state index in [0.29, 0.717) is 24.5 Å². The van der Waals surface area contributed by atoms with Crippen LogP contribution >= 0.6 is 0 Å². The fraction of sp³-hybridized carbons (Fsp3) is 0.304. The average molecular weight is 424 g/mol. The zero-order valence-corrected chi connectivity index (χ0v) is 17.6. The van der Waals surface area contributed by atoms with Crippen molar-refractivity contribution in [2.24, 2.45) is 0 Å². The van der Waals surface area contributed by atoms with Crippen LogP contribution in [-0.2, 0) is 9.53 Å². The van der Waals surface area contributed by atoms with Gasteiger partial charge in [-0.3, -0.25) is 19.3 Å². The molecule has 1 N–H and O–H groups in total. The number of benzene rings is 2. The van der Waals surface area contributed by atoms with E-state index in [4.69, 9.17) is 9.47 Å². The summed E-state index contributed by atoms with van der Waals surface area (Å²) in [4.78, 5) is 50.9. The fourth-order valence-corrected chi connectivity index (χ4v) is 3.22. The molecule has 31 heavy (non-hydrogen) atoms. The molecule has 3 amide bonds. The molecule has 1 atom stereocenters. The van der Waals surface area contributed by atoms with Crippen molar-refractivity contribution in [2.45, 2.75) is 33.2 Å². The molecular weight excluding hydrogens is 400 g/mol. The number of nitrogens with one attached hydrogen (secondary N) is 1. The van der Waals surface area contributed by atoms with Crippen molar-refractivity contribution in [3.8, 4) is 5.75 Å². The molecule has 3 rings (SSSR count). The normalized spacial score (nSPS) is 13.6. The van der Waals surface area contributed by atoms with Gasteiger partial charge in [0.2, 0.25) is 0 Å². The SMILES string of the molecule is CCOc1ccccc1NC(=O)COC(=O)c1ccc2c(c1)C(=O)N(C(C)CC)C2=O. The van der Waals surface area contributed by atoms with Gasteiger partial charge in [0.15, 0.2) is 6.61 Å². The molecule has 1 heterocycles. The lowest BCUT2D eigenvalue weighted by atomic mass is 10.1. The molecule has 0 saturated heterocycles. The highest BCUT2D eigenvalue weighted by Gasteiger charge is 2.38. The first-order chi connectivity index (χ1) is 14.9. The quantitative estimate of drug-likeness (QED) is 0.515. The largest absolute Gasteiger partial charge is 0.492 e. The van der Waals surface area contributed by atoms with Crippen molar-refractivity contribution < 1.29 is 28.7 Å². The molecule has 0 bridgehead atoms. The topological polar surface area (TPSA) is 102 Å². The monoisotopic (exact) mass is 424 g/mol. The highest BCUT2D eigenvalue weighted by atomic mass is 16.5. The molecule has 1 unspecified atom stereocenters. The highest BCUT2D eigenvalue weighted by molar-refractivity contribution is 6.22. The van der Waals surface area contributed by atoms with E-state index in [0.717, 1.165) is 0 Å². The van der Waals surface area contributed by atoms with Crippen molar-refractivity contribution in [3.05, 3.63) is 59.2 Å². The molecule has 0 aromatic heterocycles. The molecule has 0 radical (unpaired) electrons. The van der Waals surface area contributed by atoms with E-state index < -0.39 is 24.4 Å². The van der Waals surface area contributed by atoms with Crippen molar-refractivity contribution in [1.29, 1.82) is 0 Å². The zero-order chi connectivity index (χ0) is 22.5. The van der Waals surface area contributed by atoms with Gasteiger partial charge in [-0.1, -0.05) is 19.1 Å². The smallest absolute Gasteiger partial charge is 0.338 e. The molecule has 2 aromatic carbocycles. The molecule has 2 aromatic rings. The number of carbonyl (C=O) groups is 4. The Bertz CT molecular complexity index is 1030. The molecule has 1 aliphatic rings. The average Bonchev–Trinajstić information content (AvgIpc) is 3.02. The van der Waals surface area contributed by atoms with Gasteiger partial charge >= 0.3 is 5.97 Å². The van der Waals surface area contributed by atoms with E-state index in [1.54, 1.807) is 31.2 Å². The molecular formula is C23H24N2O6. The Hall–Kier alpha value is -3.68. The number of hydrogen-bond acceptors (Lipinski definition) is 6. The molecule has 0 spiro atoms. The first kappa shape index (κ1) is 22.0. The standard InChI is InChI=1S/C23H24N2O6/c1-4-14(3)25-21(27)16-11-10-15(12-17(16)22(25)28)23(29)31-13-20(26)24-18-8-6-7-9-19(18)30-5-2/h6-12,14H,4-5,13H2,1-3H3,(H,24,26). The molecule has 8 heteroatoms. The van der Waals surface area contributed by atoms with Crippen LogP contribution < -0.4 is 10.1 Å². The fourth-order valence-electron chi connectivity index (χ4n) is 3.22. The van der Waals surface area contributed by atoms with Crippen LogP contribution in [0, 0.1) is 0 Å². The summed E-state index contributed by atoms with van der Waals surface area (Å²) in [6.07, 6.45) is 0.627. The van der Waals surface area contributed by atoms with Gasteiger partial charge in [0, 0.05) is 6.04 Å². The van der Waals surface area contributed by atoms with Crippen molar-refractivity contribution in [3.63, 3.8) is 0 Å². The maximum absolute atomic E-state index is 12.6. The molecule has 162 valence electrons. The minimum Gasteiger partial charge on any atom is -0.492 e. The van der Waals surface area contributed by atoms with Gasteiger partial charge in [-0.25, -0.2) is 4.79 Å². The molecule has 1 aliphatic heterocycles. The Morgan fingerprint density at radius 1 is 1.03 bits per heavy atom. The van der Waals surface area contributed by atoms with Gasteiger partial charge in [0.05, 0.1) is 29.0 Å². The Morgan fingerprint density at radius 3 is 2.45 bits per heavy atom. The third kappa shape index (κ3) is 4.58. The minimum absolute atomic E-state index is 0.0911. The summed E-state index contributed by atoms with van der Waals surface area (Å²) in [7, 11) is 0. The second-order valence-electron chi connectivity index (χ2n) is 7.05. The van der Waals surface area contributed by atoms with Crippen LogP contribution in [0.2, 0.25) is 0 Å². The first-order valence-electron chi connectivity index (χ1n) is 10.1. The van der Waals surface area contributed by atoms with E-state index >= 15 is 0 Å². The van der Waals surface area contributed by atoms with E-state index in [2.05, 4.69) is 5.32 Å². The van der Waals surface area contributed by atoms with E-state index in [1.165, 1.54) is 23.1 Å². The van der Waals surface area contributed by atoms with Crippen LogP contribution in [0.1, 0.15) is 58.3 Å². The number of nitrogens with zero attached hydrogens (tertiary/aromatic N) is 1. The van der Waals surface area contributed by atoms with E-state index in [9.17, 15) is 19.2 Å². The number of hydrogen-bond donors (Lipinski definition) is 1. The summed E-state index contributed by atoms with van der Waals surface area (Å²) in [5.74, 6) is -1.60. The van der Waals surface area contributed by atoms with Crippen molar-refractivity contribution in [1.82, 2.24) is 4.90 Å². The second-order valence-corrected chi connectivity index (χ2v) is 7.05. The van der Waals surface area contributed by atoms with Gasteiger partial charge in [-0.2, -0.15) is 0 Å². The molecule has 8 nitrogen and oxygen atoms in total. The van der Waals surface area contributed by atoms with Crippen LogP contribution in [0.4, 0.5) is 5.69 Å². The lowest BCUT2D eigenvalue weighted by Gasteiger charge is -2.20. The maximum atomic E-state index is 12.6. The Labute approximate surface area is 180 Å².